The van der Waals surface area contributed by atoms with Gasteiger partial charge in [0.05, 0.1) is 4.47 Å². The van der Waals surface area contributed by atoms with Crippen molar-refractivity contribution in [3.05, 3.63) is 56.8 Å². The fraction of sp³-hybridized carbons (Fsp3) is 0.316. The molecule has 2 aromatic heterocycles. The second kappa shape index (κ2) is 7.86. The molecule has 27 heavy (non-hydrogen) atoms. The highest BCUT2D eigenvalue weighted by Gasteiger charge is 2.25. The fourth-order valence-corrected chi connectivity index (χ4v) is 3.43. The molecular formula is C19H20BrClN6. The lowest BCUT2D eigenvalue weighted by molar-refractivity contribution is 0.963. The van der Waals surface area contributed by atoms with Crippen LogP contribution in [0.5, 0.6) is 0 Å². The summed E-state index contributed by atoms with van der Waals surface area (Å²) in [5.41, 5.74) is 3.62. The van der Waals surface area contributed by atoms with E-state index in [4.69, 9.17) is 11.6 Å². The Labute approximate surface area is 171 Å². The van der Waals surface area contributed by atoms with E-state index in [1.807, 2.05) is 18.2 Å². The number of benzene rings is 1. The molecule has 0 unspecified atom stereocenters. The van der Waals surface area contributed by atoms with Crippen LogP contribution < -0.4 is 10.6 Å². The van der Waals surface area contributed by atoms with Crippen LogP contribution in [0.1, 0.15) is 35.6 Å². The zero-order valence-corrected chi connectivity index (χ0v) is 17.2. The van der Waals surface area contributed by atoms with Crippen molar-refractivity contribution in [1.82, 2.24) is 20.2 Å². The Morgan fingerprint density at radius 1 is 1.30 bits per heavy atom. The Balaban J connectivity index is 1.39. The number of hydrogen-bond donors (Lipinski definition) is 3. The van der Waals surface area contributed by atoms with Crippen LogP contribution in [0.2, 0.25) is 5.02 Å². The molecule has 6 nitrogen and oxygen atoms in total. The van der Waals surface area contributed by atoms with Crippen molar-refractivity contribution in [2.24, 2.45) is 0 Å². The van der Waals surface area contributed by atoms with Crippen LogP contribution in [-0.2, 0) is 6.42 Å². The summed E-state index contributed by atoms with van der Waals surface area (Å²) < 4.78 is 0.789. The number of anilines is 3. The van der Waals surface area contributed by atoms with Gasteiger partial charge in [-0.15, -0.1) is 0 Å². The maximum Gasteiger partial charge on any atom is 0.224 e. The van der Waals surface area contributed by atoms with Gasteiger partial charge in [0, 0.05) is 35.4 Å². The van der Waals surface area contributed by atoms with Gasteiger partial charge in [-0.1, -0.05) is 17.7 Å². The van der Waals surface area contributed by atoms with E-state index in [9.17, 15) is 0 Å². The van der Waals surface area contributed by atoms with E-state index in [-0.39, 0.29) is 0 Å². The number of aryl methyl sites for hydroxylation is 1. The van der Waals surface area contributed by atoms with Crippen LogP contribution in [0.4, 0.5) is 17.6 Å². The van der Waals surface area contributed by atoms with E-state index in [1.54, 1.807) is 6.20 Å². The van der Waals surface area contributed by atoms with Crippen molar-refractivity contribution in [2.75, 3.05) is 17.2 Å². The first kappa shape index (κ1) is 18.3. The van der Waals surface area contributed by atoms with Gasteiger partial charge in [-0.25, -0.2) is 4.98 Å². The molecule has 0 spiro atoms. The zero-order valence-electron chi connectivity index (χ0n) is 14.9. The monoisotopic (exact) mass is 446 g/mol. The number of nitrogens with one attached hydrogen (secondary N) is 3. The molecule has 8 heteroatoms. The highest BCUT2D eigenvalue weighted by atomic mass is 79.9. The third-order valence-corrected chi connectivity index (χ3v) is 5.40. The van der Waals surface area contributed by atoms with Gasteiger partial charge in [-0.2, -0.15) is 10.1 Å². The van der Waals surface area contributed by atoms with Crippen molar-refractivity contribution in [2.45, 2.75) is 32.1 Å². The minimum absolute atomic E-state index is 0.574. The van der Waals surface area contributed by atoms with Crippen molar-refractivity contribution >= 4 is 45.1 Å². The first-order valence-electron chi connectivity index (χ1n) is 8.92. The molecule has 2 heterocycles. The summed E-state index contributed by atoms with van der Waals surface area (Å²) >= 11 is 9.50. The van der Waals surface area contributed by atoms with Crippen molar-refractivity contribution in [3.8, 4) is 0 Å². The van der Waals surface area contributed by atoms with Crippen molar-refractivity contribution in [3.63, 3.8) is 0 Å². The average molecular weight is 448 g/mol. The summed E-state index contributed by atoms with van der Waals surface area (Å²) in [5.74, 6) is 2.66. The highest BCUT2D eigenvalue weighted by Crippen LogP contribution is 2.39. The Hall–Kier alpha value is -2.12. The van der Waals surface area contributed by atoms with E-state index in [0.29, 0.717) is 17.7 Å². The number of H-pyrrole nitrogens is 1. The van der Waals surface area contributed by atoms with E-state index in [0.717, 1.165) is 28.3 Å². The lowest BCUT2D eigenvalue weighted by Crippen LogP contribution is -2.09. The molecule has 0 radical (unpaired) electrons. The Morgan fingerprint density at radius 3 is 2.93 bits per heavy atom. The minimum Gasteiger partial charge on any atom is -0.354 e. The number of rotatable bonds is 7. The molecule has 1 saturated carbocycles. The van der Waals surface area contributed by atoms with E-state index >= 15 is 0 Å². The molecular weight excluding hydrogens is 428 g/mol. The maximum absolute atomic E-state index is 6.01. The zero-order chi connectivity index (χ0) is 18.8. The molecule has 1 aromatic carbocycles. The van der Waals surface area contributed by atoms with E-state index in [2.05, 4.69) is 59.7 Å². The van der Waals surface area contributed by atoms with Gasteiger partial charge in [-0.3, -0.25) is 5.10 Å². The van der Waals surface area contributed by atoms with Gasteiger partial charge in [0.1, 0.15) is 0 Å². The molecule has 0 atom stereocenters. The predicted molar refractivity (Wildman–Crippen MR) is 112 cm³/mol. The van der Waals surface area contributed by atoms with Gasteiger partial charge < -0.3 is 10.6 Å². The molecule has 3 aromatic rings. The Morgan fingerprint density at radius 2 is 2.15 bits per heavy atom. The molecule has 1 fully saturated rings. The van der Waals surface area contributed by atoms with Gasteiger partial charge in [0.2, 0.25) is 5.95 Å². The fourth-order valence-electron chi connectivity index (χ4n) is 2.91. The second-order valence-corrected chi connectivity index (χ2v) is 8.04. The molecule has 0 amide bonds. The number of nitrogens with zero attached hydrogens (tertiary/aromatic N) is 3. The molecule has 0 saturated heterocycles. The van der Waals surface area contributed by atoms with Crippen LogP contribution in [0.3, 0.4) is 0 Å². The summed E-state index contributed by atoms with van der Waals surface area (Å²) in [7, 11) is 0. The normalized spacial score (nSPS) is 13.6. The summed E-state index contributed by atoms with van der Waals surface area (Å²) in [6.07, 6.45) is 5.08. The first-order valence-corrected chi connectivity index (χ1v) is 10.1. The van der Waals surface area contributed by atoms with Crippen LogP contribution in [0.25, 0.3) is 0 Å². The smallest absolute Gasteiger partial charge is 0.224 e. The topological polar surface area (TPSA) is 78.5 Å². The third-order valence-electron chi connectivity index (χ3n) is 4.59. The molecule has 4 rings (SSSR count). The Bertz CT molecular complexity index is 953. The maximum atomic E-state index is 6.01. The summed E-state index contributed by atoms with van der Waals surface area (Å²) in [6, 6.07) is 8.00. The lowest BCUT2D eigenvalue weighted by Gasteiger charge is -2.10. The van der Waals surface area contributed by atoms with Crippen LogP contribution in [-0.4, -0.2) is 26.7 Å². The number of halogens is 2. The number of aromatic nitrogens is 4. The van der Waals surface area contributed by atoms with E-state index in [1.165, 1.54) is 29.7 Å². The Kier molecular flexibility index (Phi) is 5.31. The summed E-state index contributed by atoms with van der Waals surface area (Å²) in [6.45, 7) is 2.80. The second-order valence-electron chi connectivity index (χ2n) is 6.75. The number of aromatic amines is 1. The molecule has 0 bridgehead atoms. The predicted octanol–water partition coefficient (Wildman–Crippen LogP) is 5.20. The molecule has 1 aliphatic carbocycles. The quantitative estimate of drug-likeness (QED) is 0.464. The standard InChI is InChI=1S/C19H20BrClN6/c1-11-8-14(21)5-4-12(11)6-7-22-19-23-10-15(20)18(25-19)24-17-9-16(26-27-17)13-2-3-13/h4-5,8-10,13H,2-3,6-7H2,1H3,(H3,22,23,24,25,26,27). The molecule has 140 valence electrons. The van der Waals surface area contributed by atoms with Crippen molar-refractivity contribution < 1.29 is 0 Å². The van der Waals surface area contributed by atoms with Gasteiger partial charge in [-0.05, 0) is 65.4 Å². The summed E-state index contributed by atoms with van der Waals surface area (Å²) in [4.78, 5) is 8.88. The van der Waals surface area contributed by atoms with Gasteiger partial charge in [0.15, 0.2) is 11.6 Å². The number of hydrogen-bond acceptors (Lipinski definition) is 5. The first-order chi connectivity index (χ1) is 13.1. The lowest BCUT2D eigenvalue weighted by atomic mass is 10.1. The average Bonchev–Trinajstić information content (AvgIpc) is 3.39. The minimum atomic E-state index is 0.574. The van der Waals surface area contributed by atoms with Crippen LogP contribution in [0.15, 0.2) is 34.9 Å². The van der Waals surface area contributed by atoms with Crippen LogP contribution >= 0.6 is 27.5 Å². The largest absolute Gasteiger partial charge is 0.354 e. The molecule has 1 aliphatic rings. The molecule has 3 N–H and O–H groups in total. The highest BCUT2D eigenvalue weighted by molar-refractivity contribution is 9.10. The summed E-state index contributed by atoms with van der Waals surface area (Å²) in [5, 5.41) is 14.7. The van der Waals surface area contributed by atoms with Crippen molar-refractivity contribution in [1.29, 1.82) is 0 Å². The third kappa shape index (κ3) is 4.59. The van der Waals surface area contributed by atoms with Gasteiger partial charge >= 0.3 is 0 Å². The van der Waals surface area contributed by atoms with Crippen LogP contribution in [0, 0.1) is 6.92 Å². The SMILES string of the molecule is Cc1cc(Cl)ccc1CCNc1ncc(Br)c(Nc2cc(C3CC3)[nH]n2)n1. The van der Waals surface area contributed by atoms with Gasteiger partial charge in [0.25, 0.3) is 0 Å². The molecule has 0 aliphatic heterocycles. The van der Waals surface area contributed by atoms with E-state index < -0.39 is 0 Å².